The Labute approximate surface area is 216 Å². The van der Waals surface area contributed by atoms with Crippen LogP contribution >= 0.6 is 0 Å². The van der Waals surface area contributed by atoms with Crippen molar-refractivity contribution in [1.29, 1.82) is 0 Å². The van der Waals surface area contributed by atoms with Crippen molar-refractivity contribution in [3.8, 4) is 17.1 Å². The molecule has 0 bridgehead atoms. The zero-order valence-electron chi connectivity index (χ0n) is 22.3. The summed E-state index contributed by atoms with van der Waals surface area (Å²) in [6.07, 6.45) is 14.8. The van der Waals surface area contributed by atoms with Crippen LogP contribution in [0.15, 0.2) is 48.7 Å². The molecule has 0 saturated carbocycles. The van der Waals surface area contributed by atoms with Crippen molar-refractivity contribution >= 4 is 16.9 Å². The molecule has 194 valence electrons. The van der Waals surface area contributed by atoms with E-state index in [1.54, 1.807) is 12.3 Å². The third kappa shape index (κ3) is 8.92. The van der Waals surface area contributed by atoms with Gasteiger partial charge in [0, 0.05) is 17.1 Å². The molecule has 0 aliphatic rings. The van der Waals surface area contributed by atoms with Crippen LogP contribution in [0.5, 0.6) is 5.75 Å². The Bertz CT molecular complexity index is 1070. The van der Waals surface area contributed by atoms with Gasteiger partial charge in [-0.25, -0.2) is 14.8 Å². The molecular weight excluding hydrogens is 448 g/mol. The molecule has 1 atom stereocenters. The van der Waals surface area contributed by atoms with Gasteiger partial charge in [-0.2, -0.15) is 0 Å². The molecule has 0 unspecified atom stereocenters. The number of fused-ring (bicyclic) bond motifs is 1. The number of aromatic nitrogens is 2. The maximum atomic E-state index is 12.6. The molecule has 0 aliphatic heterocycles. The lowest BCUT2D eigenvalue weighted by molar-refractivity contribution is 0.0319. The van der Waals surface area contributed by atoms with Crippen molar-refractivity contribution in [3.63, 3.8) is 0 Å². The molecular formula is C31H42N2O3. The summed E-state index contributed by atoms with van der Waals surface area (Å²) in [5.41, 5.74) is 2.27. The monoisotopic (exact) mass is 490 g/mol. The Balaban J connectivity index is 1.53. The van der Waals surface area contributed by atoms with Gasteiger partial charge in [0.25, 0.3) is 0 Å². The fourth-order valence-electron chi connectivity index (χ4n) is 4.24. The van der Waals surface area contributed by atoms with Gasteiger partial charge in [0.1, 0.15) is 5.75 Å². The van der Waals surface area contributed by atoms with E-state index in [2.05, 4.69) is 18.8 Å². The van der Waals surface area contributed by atoms with E-state index in [0.717, 1.165) is 48.1 Å². The van der Waals surface area contributed by atoms with E-state index < -0.39 is 0 Å². The summed E-state index contributed by atoms with van der Waals surface area (Å²) >= 11 is 0. The van der Waals surface area contributed by atoms with Crippen molar-refractivity contribution in [3.05, 3.63) is 54.2 Å². The summed E-state index contributed by atoms with van der Waals surface area (Å²) < 4.78 is 11.5. The second kappa shape index (κ2) is 15.2. The number of hydrogen-bond acceptors (Lipinski definition) is 5. The van der Waals surface area contributed by atoms with Gasteiger partial charge >= 0.3 is 5.97 Å². The average molecular weight is 491 g/mol. The first-order valence-corrected chi connectivity index (χ1v) is 13.8. The Morgan fingerprint density at radius 2 is 1.56 bits per heavy atom. The third-order valence-corrected chi connectivity index (χ3v) is 6.47. The van der Waals surface area contributed by atoms with Crippen LogP contribution in [0, 0.1) is 0 Å². The van der Waals surface area contributed by atoms with Crippen LogP contribution in [-0.2, 0) is 4.74 Å². The first-order valence-electron chi connectivity index (χ1n) is 13.8. The fourth-order valence-corrected chi connectivity index (χ4v) is 4.24. The lowest BCUT2D eigenvalue weighted by Gasteiger charge is -2.13. The molecule has 2 aromatic carbocycles. The number of esters is 1. The highest BCUT2D eigenvalue weighted by Crippen LogP contribution is 2.23. The van der Waals surface area contributed by atoms with E-state index >= 15 is 0 Å². The molecule has 0 N–H and O–H groups in total. The number of hydrogen-bond donors (Lipinski definition) is 0. The number of carbonyl (C=O) groups is 1. The molecule has 5 heteroatoms. The Kier molecular flexibility index (Phi) is 11.7. The second-order valence-electron chi connectivity index (χ2n) is 9.67. The molecule has 0 radical (unpaired) electrons. The summed E-state index contributed by atoms with van der Waals surface area (Å²) in [4.78, 5) is 21.8. The number of carbonyl (C=O) groups excluding carboxylic acids is 1. The highest BCUT2D eigenvalue weighted by Gasteiger charge is 2.13. The topological polar surface area (TPSA) is 61.3 Å². The number of nitrogens with zero attached hydrogens (tertiary/aromatic N) is 2. The predicted molar refractivity (Wildman–Crippen MR) is 147 cm³/mol. The molecule has 3 aromatic rings. The maximum Gasteiger partial charge on any atom is 0.338 e. The minimum Gasteiger partial charge on any atom is -0.494 e. The minimum atomic E-state index is -0.291. The van der Waals surface area contributed by atoms with E-state index in [1.165, 1.54) is 51.4 Å². The summed E-state index contributed by atoms with van der Waals surface area (Å²) in [6, 6.07) is 13.4. The standard InChI is InChI=1S/C31H42N2O3/c1-4-6-8-10-11-13-21-35-28-18-15-25(16-19-28)30-32-23-27-22-26(17-20-29(27)33-30)31(34)36-24(3)14-12-9-7-5-2/h15-20,22-24H,4-14,21H2,1-3H3/t24-/m1/s1. The predicted octanol–water partition coefficient (Wildman–Crippen LogP) is 8.55. The normalized spacial score (nSPS) is 12.0. The smallest absolute Gasteiger partial charge is 0.338 e. The second-order valence-corrected chi connectivity index (χ2v) is 9.67. The van der Waals surface area contributed by atoms with Gasteiger partial charge in [0.05, 0.1) is 23.8 Å². The number of benzene rings is 2. The van der Waals surface area contributed by atoms with Gasteiger partial charge in [-0.05, 0) is 68.7 Å². The van der Waals surface area contributed by atoms with Crippen LogP contribution in [0.25, 0.3) is 22.3 Å². The highest BCUT2D eigenvalue weighted by molar-refractivity contribution is 5.94. The Hall–Kier alpha value is -2.95. The SMILES string of the molecule is CCCCCCCCOc1ccc(-c2ncc3cc(C(=O)O[C@H](C)CCCCCC)ccc3n2)cc1. The zero-order chi connectivity index (χ0) is 25.6. The van der Waals surface area contributed by atoms with Crippen LogP contribution in [0.4, 0.5) is 0 Å². The lowest BCUT2D eigenvalue weighted by atomic mass is 10.1. The Morgan fingerprint density at radius 1 is 0.861 bits per heavy atom. The molecule has 36 heavy (non-hydrogen) atoms. The molecule has 0 amide bonds. The third-order valence-electron chi connectivity index (χ3n) is 6.47. The van der Waals surface area contributed by atoms with E-state index in [4.69, 9.17) is 14.5 Å². The average Bonchev–Trinajstić information content (AvgIpc) is 2.90. The highest BCUT2D eigenvalue weighted by atomic mass is 16.5. The molecule has 0 spiro atoms. The zero-order valence-corrected chi connectivity index (χ0v) is 22.3. The summed E-state index contributed by atoms with van der Waals surface area (Å²) in [6.45, 7) is 7.15. The van der Waals surface area contributed by atoms with Gasteiger partial charge in [-0.3, -0.25) is 0 Å². The molecule has 1 heterocycles. The van der Waals surface area contributed by atoms with Crippen molar-refractivity contribution in [1.82, 2.24) is 9.97 Å². The summed E-state index contributed by atoms with van der Waals surface area (Å²) in [5, 5.41) is 0.822. The largest absolute Gasteiger partial charge is 0.494 e. The van der Waals surface area contributed by atoms with E-state index in [-0.39, 0.29) is 12.1 Å². The summed E-state index contributed by atoms with van der Waals surface area (Å²) in [5.74, 6) is 1.23. The van der Waals surface area contributed by atoms with Crippen LogP contribution in [-0.4, -0.2) is 28.6 Å². The van der Waals surface area contributed by atoms with Crippen molar-refractivity contribution < 1.29 is 14.3 Å². The van der Waals surface area contributed by atoms with Crippen molar-refractivity contribution in [2.75, 3.05) is 6.61 Å². The molecule has 0 aliphatic carbocycles. The van der Waals surface area contributed by atoms with Gasteiger partial charge in [0.15, 0.2) is 5.82 Å². The first kappa shape index (κ1) is 27.6. The Morgan fingerprint density at radius 3 is 2.31 bits per heavy atom. The van der Waals surface area contributed by atoms with Gasteiger partial charge in [0.2, 0.25) is 0 Å². The number of rotatable bonds is 16. The lowest BCUT2D eigenvalue weighted by Crippen LogP contribution is -2.15. The van der Waals surface area contributed by atoms with Gasteiger partial charge < -0.3 is 9.47 Å². The quantitative estimate of drug-likeness (QED) is 0.149. The van der Waals surface area contributed by atoms with Crippen LogP contribution < -0.4 is 4.74 Å². The number of ether oxygens (including phenoxy) is 2. The maximum absolute atomic E-state index is 12.6. The van der Waals surface area contributed by atoms with E-state index in [9.17, 15) is 4.79 Å². The molecule has 3 rings (SSSR count). The van der Waals surface area contributed by atoms with Gasteiger partial charge in [-0.1, -0.05) is 65.2 Å². The minimum absolute atomic E-state index is 0.0820. The number of unbranched alkanes of at least 4 members (excludes halogenated alkanes) is 8. The molecule has 0 saturated heterocycles. The first-order chi connectivity index (χ1) is 17.6. The van der Waals surface area contributed by atoms with E-state index in [1.807, 2.05) is 43.3 Å². The molecule has 1 aromatic heterocycles. The van der Waals surface area contributed by atoms with Crippen molar-refractivity contribution in [2.45, 2.75) is 97.5 Å². The van der Waals surface area contributed by atoms with Crippen LogP contribution in [0.2, 0.25) is 0 Å². The van der Waals surface area contributed by atoms with Crippen LogP contribution in [0.3, 0.4) is 0 Å². The van der Waals surface area contributed by atoms with Gasteiger partial charge in [-0.15, -0.1) is 0 Å². The molecule has 5 nitrogen and oxygen atoms in total. The summed E-state index contributed by atoms with van der Waals surface area (Å²) in [7, 11) is 0. The molecule has 0 fully saturated rings. The van der Waals surface area contributed by atoms with Crippen molar-refractivity contribution in [2.24, 2.45) is 0 Å². The van der Waals surface area contributed by atoms with Crippen LogP contribution in [0.1, 0.15) is 102 Å². The fraction of sp³-hybridized carbons (Fsp3) is 0.516. The van der Waals surface area contributed by atoms with E-state index in [0.29, 0.717) is 11.4 Å².